The molecule has 1 aromatic carbocycles. The molecule has 0 spiro atoms. The number of halogens is 2. The number of hydrogen-bond donors (Lipinski definition) is 1. The summed E-state index contributed by atoms with van der Waals surface area (Å²) < 4.78 is 18.4. The quantitative estimate of drug-likeness (QED) is 0.646. The Kier molecular flexibility index (Phi) is 5.90. The molecule has 0 aromatic heterocycles. The Labute approximate surface area is 103 Å². The molecule has 0 amide bonds. The van der Waals surface area contributed by atoms with Crippen molar-refractivity contribution >= 4 is 15.9 Å². The van der Waals surface area contributed by atoms with Crippen LogP contribution in [0.3, 0.4) is 0 Å². The fourth-order valence-electron chi connectivity index (χ4n) is 1.23. The Morgan fingerprint density at radius 1 is 1.44 bits per heavy atom. The van der Waals surface area contributed by atoms with E-state index in [1.807, 2.05) is 6.92 Å². The molecule has 0 aliphatic carbocycles. The van der Waals surface area contributed by atoms with Crippen molar-refractivity contribution in [2.75, 3.05) is 20.3 Å². The Bertz CT molecular complexity index is 336. The second-order valence-corrected chi connectivity index (χ2v) is 4.20. The highest BCUT2D eigenvalue weighted by Crippen LogP contribution is 2.23. The minimum Gasteiger partial charge on any atom is -0.382 e. The number of ether oxygens (including phenoxy) is 1. The van der Waals surface area contributed by atoms with Crippen LogP contribution < -0.4 is 5.48 Å². The highest BCUT2D eigenvalue weighted by Gasteiger charge is 2.09. The lowest BCUT2D eigenvalue weighted by Crippen LogP contribution is -2.21. The number of hydrogen-bond acceptors (Lipinski definition) is 3. The first-order valence-electron chi connectivity index (χ1n) is 4.96. The number of methoxy groups -OCH3 is 1. The van der Waals surface area contributed by atoms with E-state index in [4.69, 9.17) is 9.57 Å². The Hall–Kier alpha value is -0.490. The van der Waals surface area contributed by atoms with Crippen LogP contribution in [0.5, 0.6) is 0 Å². The summed E-state index contributed by atoms with van der Waals surface area (Å²) in [6, 6.07) is 4.55. The van der Waals surface area contributed by atoms with Crippen molar-refractivity contribution in [2.24, 2.45) is 0 Å². The van der Waals surface area contributed by atoms with Crippen LogP contribution in [0.1, 0.15) is 18.5 Å². The molecule has 1 N–H and O–H groups in total. The number of benzene rings is 1. The molecular weight excluding hydrogens is 277 g/mol. The van der Waals surface area contributed by atoms with Crippen LogP contribution in [0.25, 0.3) is 0 Å². The molecule has 1 aromatic rings. The first kappa shape index (κ1) is 13.6. The van der Waals surface area contributed by atoms with E-state index in [9.17, 15) is 4.39 Å². The third-order valence-corrected chi connectivity index (χ3v) is 2.77. The predicted octanol–water partition coefficient (Wildman–Crippen LogP) is 2.82. The van der Waals surface area contributed by atoms with E-state index in [2.05, 4.69) is 21.4 Å². The number of rotatable bonds is 6. The largest absolute Gasteiger partial charge is 0.382 e. The maximum absolute atomic E-state index is 12.9. The minimum atomic E-state index is -0.261. The van der Waals surface area contributed by atoms with E-state index in [0.29, 0.717) is 13.2 Å². The van der Waals surface area contributed by atoms with Gasteiger partial charge in [-0.3, -0.25) is 4.84 Å². The molecule has 1 unspecified atom stereocenters. The van der Waals surface area contributed by atoms with E-state index in [1.54, 1.807) is 13.2 Å². The molecule has 1 atom stereocenters. The van der Waals surface area contributed by atoms with Crippen molar-refractivity contribution in [3.8, 4) is 0 Å². The fourth-order valence-corrected chi connectivity index (χ4v) is 1.92. The summed E-state index contributed by atoms with van der Waals surface area (Å²) in [7, 11) is 1.61. The van der Waals surface area contributed by atoms with Gasteiger partial charge in [-0.05, 0) is 24.6 Å². The van der Waals surface area contributed by atoms with Crippen LogP contribution in [0.4, 0.5) is 4.39 Å². The van der Waals surface area contributed by atoms with Gasteiger partial charge in [-0.2, -0.15) is 5.48 Å². The molecule has 0 radical (unpaired) electrons. The fraction of sp³-hybridized carbons (Fsp3) is 0.455. The van der Waals surface area contributed by atoms with Crippen molar-refractivity contribution < 1.29 is 14.0 Å². The Morgan fingerprint density at radius 3 is 2.81 bits per heavy atom. The summed E-state index contributed by atoms with van der Waals surface area (Å²) in [6.45, 7) is 2.94. The topological polar surface area (TPSA) is 30.5 Å². The normalized spacial score (nSPS) is 12.8. The molecule has 0 saturated heterocycles. The van der Waals surface area contributed by atoms with Crippen molar-refractivity contribution in [1.82, 2.24) is 5.48 Å². The van der Waals surface area contributed by atoms with Gasteiger partial charge in [-0.25, -0.2) is 4.39 Å². The average molecular weight is 292 g/mol. The molecule has 1 rings (SSSR count). The molecule has 5 heteroatoms. The minimum absolute atomic E-state index is 0.0215. The van der Waals surface area contributed by atoms with Crippen LogP contribution in [0.2, 0.25) is 0 Å². The standard InChI is InChI=1S/C11H15BrFNO2/c1-8(14-16-6-5-15-2)10-4-3-9(13)7-11(10)12/h3-4,7-8,14H,5-6H2,1-2H3. The van der Waals surface area contributed by atoms with Gasteiger partial charge in [-0.15, -0.1) is 0 Å². The first-order chi connectivity index (χ1) is 7.65. The molecule has 0 aliphatic rings. The SMILES string of the molecule is COCCONC(C)c1ccc(F)cc1Br. The lowest BCUT2D eigenvalue weighted by atomic mass is 10.1. The zero-order valence-electron chi connectivity index (χ0n) is 9.30. The van der Waals surface area contributed by atoms with Gasteiger partial charge in [-0.1, -0.05) is 22.0 Å². The zero-order valence-corrected chi connectivity index (χ0v) is 10.9. The van der Waals surface area contributed by atoms with E-state index >= 15 is 0 Å². The second-order valence-electron chi connectivity index (χ2n) is 3.35. The third kappa shape index (κ3) is 4.17. The van der Waals surface area contributed by atoms with E-state index in [-0.39, 0.29) is 11.9 Å². The molecule has 0 fully saturated rings. The van der Waals surface area contributed by atoms with Crippen molar-refractivity contribution in [3.05, 3.63) is 34.1 Å². The third-order valence-electron chi connectivity index (χ3n) is 2.08. The number of nitrogens with one attached hydrogen (secondary N) is 1. The maximum atomic E-state index is 12.9. The molecule has 16 heavy (non-hydrogen) atoms. The molecule has 0 saturated carbocycles. The molecule has 3 nitrogen and oxygen atoms in total. The van der Waals surface area contributed by atoms with E-state index in [1.165, 1.54) is 12.1 Å². The average Bonchev–Trinajstić information content (AvgIpc) is 2.24. The van der Waals surface area contributed by atoms with Crippen LogP contribution >= 0.6 is 15.9 Å². The molecule has 0 aliphatic heterocycles. The summed E-state index contributed by atoms with van der Waals surface area (Å²) in [5.74, 6) is -0.261. The van der Waals surface area contributed by atoms with Gasteiger partial charge >= 0.3 is 0 Å². The summed E-state index contributed by atoms with van der Waals surface area (Å²) in [5.41, 5.74) is 3.80. The smallest absolute Gasteiger partial charge is 0.124 e. The van der Waals surface area contributed by atoms with Gasteiger partial charge < -0.3 is 4.74 Å². The zero-order chi connectivity index (χ0) is 12.0. The molecule has 0 heterocycles. The van der Waals surface area contributed by atoms with Crippen LogP contribution in [-0.2, 0) is 9.57 Å². The van der Waals surface area contributed by atoms with Crippen molar-refractivity contribution in [3.63, 3.8) is 0 Å². The van der Waals surface area contributed by atoms with E-state index in [0.717, 1.165) is 10.0 Å². The van der Waals surface area contributed by atoms with Crippen LogP contribution in [0.15, 0.2) is 22.7 Å². The van der Waals surface area contributed by atoms with E-state index < -0.39 is 0 Å². The lowest BCUT2D eigenvalue weighted by Gasteiger charge is -2.15. The van der Waals surface area contributed by atoms with Gasteiger partial charge in [0, 0.05) is 11.6 Å². The van der Waals surface area contributed by atoms with Gasteiger partial charge in [0.05, 0.1) is 19.3 Å². The maximum Gasteiger partial charge on any atom is 0.124 e. The Balaban J connectivity index is 2.49. The summed E-state index contributed by atoms with van der Waals surface area (Å²) in [4.78, 5) is 5.19. The lowest BCUT2D eigenvalue weighted by molar-refractivity contribution is -0.00936. The summed E-state index contributed by atoms with van der Waals surface area (Å²) in [6.07, 6.45) is 0. The highest BCUT2D eigenvalue weighted by molar-refractivity contribution is 9.10. The molecule has 90 valence electrons. The van der Waals surface area contributed by atoms with Crippen LogP contribution in [0, 0.1) is 5.82 Å². The van der Waals surface area contributed by atoms with Gasteiger partial charge in [0.15, 0.2) is 0 Å². The van der Waals surface area contributed by atoms with Crippen molar-refractivity contribution in [1.29, 1.82) is 0 Å². The highest BCUT2D eigenvalue weighted by atomic mass is 79.9. The van der Waals surface area contributed by atoms with Gasteiger partial charge in [0.1, 0.15) is 5.82 Å². The summed E-state index contributed by atoms with van der Waals surface area (Å²) >= 11 is 3.31. The van der Waals surface area contributed by atoms with Gasteiger partial charge in [0.2, 0.25) is 0 Å². The monoisotopic (exact) mass is 291 g/mol. The first-order valence-corrected chi connectivity index (χ1v) is 5.75. The predicted molar refractivity (Wildman–Crippen MR) is 63.5 cm³/mol. The molecule has 0 bridgehead atoms. The number of hydroxylamine groups is 1. The Morgan fingerprint density at radius 2 is 2.19 bits per heavy atom. The van der Waals surface area contributed by atoms with Gasteiger partial charge in [0.25, 0.3) is 0 Å². The molecular formula is C11H15BrFNO2. The second kappa shape index (κ2) is 6.96. The van der Waals surface area contributed by atoms with Crippen molar-refractivity contribution in [2.45, 2.75) is 13.0 Å². The van der Waals surface area contributed by atoms with Crippen LogP contribution in [-0.4, -0.2) is 20.3 Å². The summed E-state index contributed by atoms with van der Waals surface area (Å²) in [5, 5.41) is 0.